The molecule has 0 spiro atoms. The number of benzene rings is 1. The second-order valence-corrected chi connectivity index (χ2v) is 5.17. The molecule has 0 bridgehead atoms. The maximum atomic E-state index is 11.9. The molecule has 1 atom stereocenters. The van der Waals surface area contributed by atoms with Crippen LogP contribution < -0.4 is 0 Å². The van der Waals surface area contributed by atoms with Crippen molar-refractivity contribution < 1.29 is 8.95 Å². The minimum absolute atomic E-state index is 0.756. The monoisotopic (exact) mass is 235 g/mol. The summed E-state index contributed by atoms with van der Waals surface area (Å²) < 4.78 is 17.2. The average Bonchev–Trinajstić information content (AvgIpc) is 2.69. The second kappa shape index (κ2) is 4.03. The molecule has 84 valence electrons. The van der Waals surface area contributed by atoms with Crippen LogP contribution in [0, 0.1) is 0 Å². The first-order valence-corrected chi connectivity index (χ1v) is 6.62. The largest absolute Gasteiger partial charge is 0.378 e. The highest BCUT2D eigenvalue weighted by Crippen LogP contribution is 2.33. The molecule has 1 unspecified atom stereocenters. The number of rotatable bonds is 1. The van der Waals surface area contributed by atoms with E-state index in [1.807, 2.05) is 29.7 Å². The lowest BCUT2D eigenvalue weighted by Gasteiger charge is -2.29. The van der Waals surface area contributed by atoms with Crippen LogP contribution >= 0.6 is 0 Å². The van der Waals surface area contributed by atoms with Crippen molar-refractivity contribution in [3.05, 3.63) is 35.2 Å². The molecule has 0 N–H and O–H groups in total. The van der Waals surface area contributed by atoms with E-state index in [1.165, 1.54) is 0 Å². The van der Waals surface area contributed by atoms with Crippen LogP contribution in [0.25, 0.3) is 5.70 Å². The van der Waals surface area contributed by atoms with Crippen LogP contribution in [-0.2, 0) is 15.5 Å². The van der Waals surface area contributed by atoms with Crippen LogP contribution in [-0.4, -0.2) is 35.4 Å². The minimum atomic E-state index is -0.974. The van der Waals surface area contributed by atoms with E-state index in [9.17, 15) is 4.21 Å². The topological polar surface area (TPSA) is 29.5 Å². The van der Waals surface area contributed by atoms with Gasteiger partial charge in [0, 0.05) is 24.1 Å². The molecule has 3 nitrogen and oxygen atoms in total. The summed E-state index contributed by atoms with van der Waals surface area (Å²) in [6.45, 7) is 3.28. The Bertz CT molecular complexity index is 464. The van der Waals surface area contributed by atoms with Gasteiger partial charge in [0.2, 0.25) is 0 Å². The number of fused-ring (bicyclic) bond motifs is 1. The zero-order chi connectivity index (χ0) is 11.0. The first-order chi connectivity index (χ1) is 7.86. The van der Waals surface area contributed by atoms with Gasteiger partial charge in [-0.25, -0.2) is 4.21 Å². The zero-order valence-corrected chi connectivity index (χ0v) is 9.70. The Balaban J connectivity index is 1.97. The van der Waals surface area contributed by atoms with Crippen molar-refractivity contribution in [1.82, 2.24) is 4.90 Å². The van der Waals surface area contributed by atoms with E-state index < -0.39 is 10.8 Å². The lowest BCUT2D eigenvalue weighted by atomic mass is 10.1. The quantitative estimate of drug-likeness (QED) is 0.737. The van der Waals surface area contributed by atoms with Crippen molar-refractivity contribution in [2.45, 2.75) is 4.90 Å². The Hall–Kier alpha value is -1.13. The molecule has 1 fully saturated rings. The Morgan fingerprint density at radius 3 is 2.75 bits per heavy atom. The molecule has 2 heterocycles. The standard InChI is InChI=1S/C12H13NO2S/c14-16-9-11(13-5-7-15-8-6-13)10-3-1-2-4-12(10)16/h1-4,9H,5-8H2. The first kappa shape index (κ1) is 10.1. The lowest BCUT2D eigenvalue weighted by molar-refractivity contribution is 0.0640. The smallest absolute Gasteiger partial charge is 0.0804 e. The fraction of sp³-hybridized carbons (Fsp3) is 0.333. The normalized spacial score (nSPS) is 24.1. The minimum Gasteiger partial charge on any atom is -0.378 e. The summed E-state index contributed by atoms with van der Waals surface area (Å²) in [5, 5.41) is 1.86. The van der Waals surface area contributed by atoms with Gasteiger partial charge in [0.1, 0.15) is 0 Å². The van der Waals surface area contributed by atoms with Crippen LogP contribution in [0.2, 0.25) is 0 Å². The molecular weight excluding hydrogens is 222 g/mol. The summed E-state index contributed by atoms with van der Waals surface area (Å²) in [5.74, 6) is 0. The summed E-state index contributed by atoms with van der Waals surface area (Å²) >= 11 is 0. The van der Waals surface area contributed by atoms with Crippen molar-refractivity contribution in [3.8, 4) is 0 Å². The number of ether oxygens (including phenoxy) is 1. The maximum Gasteiger partial charge on any atom is 0.0804 e. The van der Waals surface area contributed by atoms with E-state index in [1.54, 1.807) is 0 Å². The number of hydrogen-bond acceptors (Lipinski definition) is 3. The molecule has 0 saturated carbocycles. The van der Waals surface area contributed by atoms with Crippen LogP contribution in [0.5, 0.6) is 0 Å². The fourth-order valence-electron chi connectivity index (χ4n) is 2.13. The summed E-state index contributed by atoms with van der Waals surface area (Å²) in [4.78, 5) is 3.19. The van der Waals surface area contributed by atoms with E-state index >= 15 is 0 Å². The molecule has 1 saturated heterocycles. The number of nitrogens with zero attached hydrogens (tertiary/aromatic N) is 1. The Morgan fingerprint density at radius 2 is 1.94 bits per heavy atom. The molecule has 0 aromatic heterocycles. The van der Waals surface area contributed by atoms with E-state index in [0.717, 1.165) is 42.5 Å². The van der Waals surface area contributed by atoms with Gasteiger partial charge in [-0.05, 0) is 6.07 Å². The number of morpholine rings is 1. The Morgan fingerprint density at radius 1 is 1.19 bits per heavy atom. The maximum absolute atomic E-state index is 11.9. The SMILES string of the molecule is O=S1C=C(N2CCOCC2)c2ccccc21. The molecule has 0 aliphatic carbocycles. The zero-order valence-electron chi connectivity index (χ0n) is 8.89. The van der Waals surface area contributed by atoms with Crippen LogP contribution in [0.15, 0.2) is 34.6 Å². The molecule has 3 rings (SSSR count). The second-order valence-electron chi connectivity index (χ2n) is 3.90. The van der Waals surface area contributed by atoms with Crippen molar-refractivity contribution in [2.24, 2.45) is 0 Å². The highest BCUT2D eigenvalue weighted by Gasteiger charge is 2.24. The average molecular weight is 235 g/mol. The van der Waals surface area contributed by atoms with Crippen LogP contribution in [0.3, 0.4) is 0 Å². The fourth-order valence-corrected chi connectivity index (χ4v) is 3.34. The molecule has 0 amide bonds. The molecule has 16 heavy (non-hydrogen) atoms. The highest BCUT2D eigenvalue weighted by atomic mass is 32.2. The van der Waals surface area contributed by atoms with Crippen molar-refractivity contribution in [2.75, 3.05) is 26.3 Å². The predicted octanol–water partition coefficient (Wildman–Crippen LogP) is 1.44. The van der Waals surface area contributed by atoms with Crippen molar-refractivity contribution in [1.29, 1.82) is 0 Å². The third kappa shape index (κ3) is 1.58. The summed E-state index contributed by atoms with van der Waals surface area (Å²) in [7, 11) is -0.974. The number of hydrogen-bond donors (Lipinski definition) is 0. The van der Waals surface area contributed by atoms with Crippen molar-refractivity contribution >= 4 is 16.5 Å². The molecular formula is C12H13NO2S. The summed E-state index contributed by atoms with van der Waals surface area (Å²) in [6, 6.07) is 7.92. The van der Waals surface area contributed by atoms with Gasteiger partial charge in [0.25, 0.3) is 0 Å². The molecule has 2 aliphatic rings. The van der Waals surface area contributed by atoms with E-state index in [4.69, 9.17) is 4.74 Å². The van der Waals surface area contributed by atoms with Gasteiger partial charge in [-0.2, -0.15) is 0 Å². The van der Waals surface area contributed by atoms with E-state index in [-0.39, 0.29) is 0 Å². The Kier molecular flexibility index (Phi) is 2.53. The lowest BCUT2D eigenvalue weighted by Crippen LogP contribution is -2.34. The van der Waals surface area contributed by atoms with E-state index in [0.29, 0.717) is 0 Å². The Labute approximate surface area is 97.2 Å². The summed E-state index contributed by atoms with van der Waals surface area (Å²) in [6.07, 6.45) is 0. The van der Waals surface area contributed by atoms with Gasteiger partial charge in [-0.15, -0.1) is 0 Å². The molecule has 0 radical (unpaired) electrons. The van der Waals surface area contributed by atoms with Crippen molar-refractivity contribution in [3.63, 3.8) is 0 Å². The van der Waals surface area contributed by atoms with Gasteiger partial charge in [-0.3, -0.25) is 0 Å². The molecule has 2 aliphatic heterocycles. The van der Waals surface area contributed by atoms with Gasteiger partial charge in [0.15, 0.2) is 0 Å². The van der Waals surface area contributed by atoms with Gasteiger partial charge >= 0.3 is 0 Å². The third-order valence-electron chi connectivity index (χ3n) is 2.95. The first-order valence-electron chi connectivity index (χ1n) is 5.41. The van der Waals surface area contributed by atoms with Crippen LogP contribution in [0.1, 0.15) is 5.56 Å². The summed E-state index contributed by atoms with van der Waals surface area (Å²) in [5.41, 5.74) is 2.22. The third-order valence-corrected chi connectivity index (χ3v) is 4.18. The highest BCUT2D eigenvalue weighted by molar-refractivity contribution is 7.88. The van der Waals surface area contributed by atoms with E-state index in [2.05, 4.69) is 4.90 Å². The van der Waals surface area contributed by atoms with Crippen LogP contribution in [0.4, 0.5) is 0 Å². The molecule has 1 aromatic rings. The predicted molar refractivity (Wildman–Crippen MR) is 63.2 cm³/mol. The molecule has 1 aromatic carbocycles. The van der Waals surface area contributed by atoms with Gasteiger partial charge in [-0.1, -0.05) is 18.2 Å². The van der Waals surface area contributed by atoms with Gasteiger partial charge in [0.05, 0.1) is 34.6 Å². The van der Waals surface area contributed by atoms with Gasteiger partial charge < -0.3 is 9.64 Å². The molecule has 4 heteroatoms.